The zero-order chi connectivity index (χ0) is 21.6. The summed E-state index contributed by atoms with van der Waals surface area (Å²) in [5.74, 6) is -1.46. The fourth-order valence-electron chi connectivity index (χ4n) is 2.58. The lowest BCUT2D eigenvalue weighted by atomic mass is 10.0. The van der Waals surface area contributed by atoms with Gasteiger partial charge in [0.05, 0.1) is 24.1 Å². The molecule has 0 unspecified atom stereocenters. The van der Waals surface area contributed by atoms with E-state index in [1.165, 1.54) is 43.5 Å². The Labute approximate surface area is 164 Å². The Balaban J connectivity index is 2.26. The summed E-state index contributed by atoms with van der Waals surface area (Å²) in [6.07, 6.45) is -0.0990. The predicted molar refractivity (Wildman–Crippen MR) is 99.7 cm³/mol. The van der Waals surface area contributed by atoms with Crippen molar-refractivity contribution in [2.75, 3.05) is 14.2 Å². The van der Waals surface area contributed by atoms with Crippen molar-refractivity contribution >= 4 is 23.3 Å². The van der Waals surface area contributed by atoms with Gasteiger partial charge in [0.1, 0.15) is 6.04 Å². The molecule has 0 bridgehead atoms. The summed E-state index contributed by atoms with van der Waals surface area (Å²) in [6, 6.07) is 7.95. The highest BCUT2D eigenvalue weighted by atomic mass is 16.6. The van der Waals surface area contributed by atoms with E-state index in [1.807, 2.05) is 0 Å². The fraction of sp³-hybridized carbons (Fsp3) is 0.222. The molecule has 2 aromatic rings. The van der Waals surface area contributed by atoms with Gasteiger partial charge in [-0.3, -0.25) is 25.0 Å². The summed E-state index contributed by atoms with van der Waals surface area (Å²) in [5, 5.41) is 24.5. The van der Waals surface area contributed by atoms with Crippen molar-refractivity contribution in [2.45, 2.75) is 12.5 Å². The predicted octanol–water partition coefficient (Wildman–Crippen LogP) is 2.03. The van der Waals surface area contributed by atoms with Gasteiger partial charge in [-0.05, 0) is 17.7 Å². The summed E-state index contributed by atoms with van der Waals surface area (Å²) in [4.78, 5) is 45.3. The van der Waals surface area contributed by atoms with E-state index in [1.54, 1.807) is 0 Å². The molecule has 0 spiro atoms. The Morgan fingerprint density at radius 3 is 2.38 bits per heavy atom. The van der Waals surface area contributed by atoms with Gasteiger partial charge in [-0.1, -0.05) is 12.1 Å². The van der Waals surface area contributed by atoms with Crippen LogP contribution in [0.5, 0.6) is 5.75 Å². The van der Waals surface area contributed by atoms with E-state index in [9.17, 15) is 29.8 Å². The maximum atomic E-state index is 12.4. The van der Waals surface area contributed by atoms with Gasteiger partial charge in [0, 0.05) is 30.2 Å². The number of esters is 1. The molecule has 0 saturated carbocycles. The molecule has 0 aromatic heterocycles. The first-order valence-electron chi connectivity index (χ1n) is 8.21. The van der Waals surface area contributed by atoms with Crippen molar-refractivity contribution in [1.29, 1.82) is 0 Å². The van der Waals surface area contributed by atoms with Crippen molar-refractivity contribution in [2.24, 2.45) is 0 Å². The third kappa shape index (κ3) is 5.25. The molecular formula is C18H17N3O8. The van der Waals surface area contributed by atoms with Gasteiger partial charge in [-0.15, -0.1) is 0 Å². The number of hydrogen-bond acceptors (Lipinski definition) is 8. The van der Waals surface area contributed by atoms with E-state index in [-0.39, 0.29) is 29.1 Å². The number of nitrogens with one attached hydrogen (secondary N) is 1. The van der Waals surface area contributed by atoms with Gasteiger partial charge < -0.3 is 14.8 Å². The number of nitrogens with zero attached hydrogens (tertiary/aromatic N) is 2. The summed E-state index contributed by atoms with van der Waals surface area (Å²) < 4.78 is 9.62. The number of ether oxygens (including phenoxy) is 2. The third-order valence-electron chi connectivity index (χ3n) is 3.99. The maximum Gasteiger partial charge on any atom is 0.328 e. The molecule has 11 nitrogen and oxygen atoms in total. The molecule has 0 heterocycles. The number of nitro benzene ring substituents is 2. The lowest BCUT2D eigenvalue weighted by Gasteiger charge is -2.17. The SMILES string of the molecule is COC(=O)[C@@H](Cc1ccc(OC)c([N+](=O)[O-])c1)NC(=O)c1cccc([N+](=O)[O-])c1. The lowest BCUT2D eigenvalue weighted by molar-refractivity contribution is -0.385. The highest BCUT2D eigenvalue weighted by molar-refractivity contribution is 5.97. The number of benzene rings is 2. The van der Waals surface area contributed by atoms with E-state index in [0.29, 0.717) is 5.56 Å². The second-order valence-corrected chi connectivity index (χ2v) is 5.82. The molecule has 0 aliphatic heterocycles. The highest BCUT2D eigenvalue weighted by Crippen LogP contribution is 2.28. The van der Waals surface area contributed by atoms with Gasteiger partial charge in [0.2, 0.25) is 0 Å². The summed E-state index contributed by atoms with van der Waals surface area (Å²) in [6.45, 7) is 0. The molecule has 2 rings (SSSR count). The molecular weight excluding hydrogens is 386 g/mol. The second kappa shape index (κ2) is 9.26. The van der Waals surface area contributed by atoms with Crippen LogP contribution in [0.2, 0.25) is 0 Å². The van der Waals surface area contributed by atoms with Gasteiger partial charge in [-0.2, -0.15) is 0 Å². The molecule has 1 amide bonds. The number of rotatable bonds is 8. The van der Waals surface area contributed by atoms with E-state index in [2.05, 4.69) is 10.1 Å². The van der Waals surface area contributed by atoms with E-state index < -0.39 is 27.8 Å². The number of carbonyl (C=O) groups is 2. The van der Waals surface area contributed by atoms with Crippen LogP contribution in [0.25, 0.3) is 0 Å². The van der Waals surface area contributed by atoms with Crippen LogP contribution in [0.4, 0.5) is 11.4 Å². The van der Waals surface area contributed by atoms with Gasteiger partial charge in [0.15, 0.2) is 5.75 Å². The summed E-state index contributed by atoms with van der Waals surface area (Å²) in [5.41, 5.74) is -0.210. The van der Waals surface area contributed by atoms with Crippen LogP contribution in [0, 0.1) is 20.2 Å². The van der Waals surface area contributed by atoms with Crippen LogP contribution in [0.3, 0.4) is 0 Å². The fourth-order valence-corrected chi connectivity index (χ4v) is 2.58. The first kappa shape index (κ1) is 21.3. The minimum absolute atomic E-state index is 0.0196. The highest BCUT2D eigenvalue weighted by Gasteiger charge is 2.25. The molecule has 0 fully saturated rings. The molecule has 0 saturated heterocycles. The zero-order valence-corrected chi connectivity index (χ0v) is 15.5. The number of carbonyl (C=O) groups excluding carboxylic acids is 2. The minimum atomic E-state index is -1.17. The molecule has 152 valence electrons. The Morgan fingerprint density at radius 1 is 1.07 bits per heavy atom. The van der Waals surface area contributed by atoms with Crippen LogP contribution < -0.4 is 10.1 Å². The molecule has 0 radical (unpaired) electrons. The van der Waals surface area contributed by atoms with Crippen LogP contribution >= 0.6 is 0 Å². The standard InChI is InChI=1S/C18H17N3O8/c1-28-16-7-6-11(9-15(16)21(26)27)8-14(18(23)29-2)19-17(22)12-4-3-5-13(10-12)20(24)25/h3-7,9-10,14H,8H2,1-2H3,(H,19,22)/t14-/m1/s1. The Bertz CT molecular complexity index is 960. The minimum Gasteiger partial charge on any atom is -0.490 e. The third-order valence-corrected chi connectivity index (χ3v) is 3.99. The maximum absolute atomic E-state index is 12.4. The molecule has 11 heteroatoms. The average molecular weight is 403 g/mol. The van der Waals surface area contributed by atoms with E-state index in [0.717, 1.165) is 13.2 Å². The number of non-ortho nitro benzene ring substituents is 1. The largest absolute Gasteiger partial charge is 0.490 e. The first-order chi connectivity index (χ1) is 13.8. The number of amides is 1. The van der Waals surface area contributed by atoms with E-state index in [4.69, 9.17) is 4.74 Å². The van der Waals surface area contributed by atoms with Crippen molar-refractivity contribution in [3.8, 4) is 5.75 Å². The molecule has 0 aliphatic carbocycles. The molecule has 2 aromatic carbocycles. The smallest absolute Gasteiger partial charge is 0.328 e. The topological polar surface area (TPSA) is 151 Å². The Morgan fingerprint density at radius 2 is 1.79 bits per heavy atom. The first-order valence-corrected chi connectivity index (χ1v) is 8.21. The van der Waals surface area contributed by atoms with Crippen molar-refractivity contribution in [3.63, 3.8) is 0 Å². The van der Waals surface area contributed by atoms with Crippen LogP contribution in [-0.2, 0) is 16.0 Å². The summed E-state index contributed by atoms with van der Waals surface area (Å²) >= 11 is 0. The average Bonchev–Trinajstić information content (AvgIpc) is 2.72. The lowest BCUT2D eigenvalue weighted by Crippen LogP contribution is -2.43. The zero-order valence-electron chi connectivity index (χ0n) is 15.5. The number of nitro groups is 2. The van der Waals surface area contributed by atoms with Crippen molar-refractivity contribution in [1.82, 2.24) is 5.32 Å². The van der Waals surface area contributed by atoms with Crippen LogP contribution in [0.1, 0.15) is 15.9 Å². The Hall–Kier alpha value is -4.02. The number of methoxy groups -OCH3 is 2. The van der Waals surface area contributed by atoms with Crippen molar-refractivity contribution in [3.05, 3.63) is 73.8 Å². The van der Waals surface area contributed by atoms with E-state index >= 15 is 0 Å². The van der Waals surface area contributed by atoms with Gasteiger partial charge in [0.25, 0.3) is 11.6 Å². The monoisotopic (exact) mass is 403 g/mol. The normalized spacial score (nSPS) is 11.2. The van der Waals surface area contributed by atoms with Crippen LogP contribution in [0.15, 0.2) is 42.5 Å². The summed E-state index contributed by atoms with van der Waals surface area (Å²) in [7, 11) is 2.42. The molecule has 29 heavy (non-hydrogen) atoms. The number of hydrogen-bond donors (Lipinski definition) is 1. The van der Waals surface area contributed by atoms with Gasteiger partial charge >= 0.3 is 11.7 Å². The van der Waals surface area contributed by atoms with Crippen molar-refractivity contribution < 1.29 is 28.9 Å². The second-order valence-electron chi connectivity index (χ2n) is 5.82. The molecule has 1 N–H and O–H groups in total. The van der Waals surface area contributed by atoms with Gasteiger partial charge in [-0.25, -0.2) is 4.79 Å². The van der Waals surface area contributed by atoms with Crippen LogP contribution in [-0.4, -0.2) is 42.0 Å². The molecule has 1 atom stereocenters. The Kier molecular flexibility index (Phi) is 6.80. The molecule has 0 aliphatic rings. The quantitative estimate of drug-likeness (QED) is 0.399.